The van der Waals surface area contributed by atoms with Gasteiger partial charge in [-0.3, -0.25) is 0 Å². The van der Waals surface area contributed by atoms with E-state index in [4.69, 9.17) is 0 Å². The van der Waals surface area contributed by atoms with Gasteiger partial charge in [0.2, 0.25) is 5.95 Å². The number of likely N-dealkylation sites (N-methyl/N-ethyl adjacent to an activating group) is 1. The summed E-state index contributed by atoms with van der Waals surface area (Å²) >= 11 is 0. The van der Waals surface area contributed by atoms with Gasteiger partial charge < -0.3 is 14.8 Å². The maximum absolute atomic E-state index is 4.55. The first kappa shape index (κ1) is 15.4. The van der Waals surface area contributed by atoms with Crippen LogP contribution in [0.3, 0.4) is 0 Å². The van der Waals surface area contributed by atoms with Gasteiger partial charge in [0.05, 0.1) is 0 Å². The predicted molar refractivity (Wildman–Crippen MR) is 85.2 cm³/mol. The summed E-state index contributed by atoms with van der Waals surface area (Å²) in [6.45, 7) is 5.58. The molecule has 4 nitrogen and oxygen atoms in total. The van der Waals surface area contributed by atoms with Crippen molar-refractivity contribution < 1.29 is 0 Å². The minimum Gasteiger partial charge on any atom is -0.351 e. The van der Waals surface area contributed by atoms with E-state index in [-0.39, 0.29) is 0 Å². The molecule has 1 aromatic rings. The van der Waals surface area contributed by atoms with Gasteiger partial charge in [-0.1, -0.05) is 33.1 Å². The smallest absolute Gasteiger partial charge is 0.203 e. The van der Waals surface area contributed by atoms with E-state index in [1.165, 1.54) is 32.1 Å². The van der Waals surface area contributed by atoms with Gasteiger partial charge >= 0.3 is 0 Å². The largest absolute Gasteiger partial charge is 0.351 e. The molecule has 114 valence electrons. The van der Waals surface area contributed by atoms with Crippen LogP contribution in [0.2, 0.25) is 0 Å². The highest BCUT2D eigenvalue weighted by molar-refractivity contribution is 5.29. The average Bonchev–Trinajstić information content (AvgIpc) is 2.86. The number of hydrogen-bond acceptors (Lipinski definition) is 3. The first-order valence-electron chi connectivity index (χ1n) is 8.02. The van der Waals surface area contributed by atoms with E-state index in [9.17, 15) is 0 Å². The normalized spacial score (nSPS) is 18.7. The molecular formula is C16H30N4. The molecule has 0 amide bonds. The fraction of sp³-hybridized carbons (Fsp3) is 0.812. The van der Waals surface area contributed by atoms with Gasteiger partial charge in [-0.2, -0.15) is 0 Å². The Hall–Kier alpha value is -1.03. The first-order chi connectivity index (χ1) is 9.58. The molecule has 1 unspecified atom stereocenters. The second kappa shape index (κ2) is 7.11. The molecule has 1 aliphatic rings. The summed E-state index contributed by atoms with van der Waals surface area (Å²) in [7, 11) is 4.26. The number of nitrogens with zero attached hydrogens (tertiary/aromatic N) is 3. The lowest BCUT2D eigenvalue weighted by Gasteiger charge is -2.29. The molecule has 0 bridgehead atoms. The maximum Gasteiger partial charge on any atom is 0.203 e. The van der Waals surface area contributed by atoms with Crippen LogP contribution < -0.4 is 5.32 Å². The second-order valence-corrected chi connectivity index (χ2v) is 6.71. The van der Waals surface area contributed by atoms with Crippen LogP contribution in [0.4, 0.5) is 5.95 Å². The molecule has 2 rings (SSSR count). The Labute approximate surface area is 123 Å². The Morgan fingerprint density at radius 2 is 2.00 bits per heavy atom. The maximum atomic E-state index is 4.55. The molecule has 0 radical (unpaired) electrons. The fourth-order valence-corrected chi connectivity index (χ4v) is 3.06. The van der Waals surface area contributed by atoms with Gasteiger partial charge in [-0.15, -0.1) is 0 Å². The highest BCUT2D eigenvalue weighted by Gasteiger charge is 2.21. The van der Waals surface area contributed by atoms with Crippen LogP contribution in [-0.4, -0.2) is 41.1 Å². The summed E-state index contributed by atoms with van der Waals surface area (Å²) in [5.74, 6) is 1.64. The van der Waals surface area contributed by atoms with E-state index >= 15 is 0 Å². The fourth-order valence-electron chi connectivity index (χ4n) is 3.06. The Bertz CT molecular complexity index is 391. The third kappa shape index (κ3) is 3.98. The van der Waals surface area contributed by atoms with E-state index in [1.807, 2.05) is 6.20 Å². The van der Waals surface area contributed by atoms with Crippen molar-refractivity contribution in [3.63, 3.8) is 0 Å². The van der Waals surface area contributed by atoms with E-state index in [2.05, 4.69) is 53.9 Å². The second-order valence-electron chi connectivity index (χ2n) is 6.71. The molecule has 1 aromatic heterocycles. The molecule has 20 heavy (non-hydrogen) atoms. The van der Waals surface area contributed by atoms with E-state index in [0.29, 0.717) is 18.0 Å². The Kier molecular flexibility index (Phi) is 5.46. The molecule has 1 saturated carbocycles. The zero-order valence-corrected chi connectivity index (χ0v) is 13.5. The standard InChI is InChI=1S/C16H30N4/c1-13(2)15(12-19(3)4)18-16-17-10-11-20(16)14-8-6-5-7-9-14/h10-11,13-15H,5-9,12H2,1-4H3,(H,17,18). The molecule has 0 aromatic carbocycles. The zero-order chi connectivity index (χ0) is 14.5. The molecular weight excluding hydrogens is 248 g/mol. The quantitative estimate of drug-likeness (QED) is 0.866. The van der Waals surface area contributed by atoms with Gasteiger partial charge in [-0.05, 0) is 32.9 Å². The molecule has 1 heterocycles. The third-order valence-corrected chi connectivity index (χ3v) is 4.32. The summed E-state index contributed by atoms with van der Waals surface area (Å²) in [4.78, 5) is 6.80. The molecule has 1 aliphatic carbocycles. The molecule has 0 spiro atoms. The van der Waals surface area contributed by atoms with Crippen LogP contribution >= 0.6 is 0 Å². The predicted octanol–water partition coefficient (Wildman–Crippen LogP) is 3.39. The van der Waals surface area contributed by atoms with Crippen LogP contribution in [0.1, 0.15) is 52.0 Å². The van der Waals surface area contributed by atoms with E-state index in [0.717, 1.165) is 12.5 Å². The molecule has 1 fully saturated rings. The SMILES string of the molecule is CC(C)C(CN(C)C)Nc1nccn1C1CCCCC1. The van der Waals surface area contributed by atoms with Gasteiger partial charge in [-0.25, -0.2) is 4.98 Å². The summed E-state index contributed by atoms with van der Waals surface area (Å²) in [5, 5.41) is 3.67. The van der Waals surface area contributed by atoms with Crippen molar-refractivity contribution in [3.8, 4) is 0 Å². The average molecular weight is 278 g/mol. The van der Waals surface area contributed by atoms with Crippen molar-refractivity contribution in [2.75, 3.05) is 26.0 Å². The van der Waals surface area contributed by atoms with Crippen LogP contribution in [-0.2, 0) is 0 Å². The van der Waals surface area contributed by atoms with Crippen molar-refractivity contribution in [1.29, 1.82) is 0 Å². The number of anilines is 1. The molecule has 0 saturated heterocycles. The molecule has 0 aliphatic heterocycles. The molecule has 1 N–H and O–H groups in total. The number of imidazole rings is 1. The van der Waals surface area contributed by atoms with Crippen molar-refractivity contribution in [1.82, 2.24) is 14.5 Å². The Morgan fingerprint density at radius 1 is 1.30 bits per heavy atom. The van der Waals surface area contributed by atoms with Gasteiger partial charge in [0.15, 0.2) is 0 Å². The number of hydrogen-bond donors (Lipinski definition) is 1. The lowest BCUT2D eigenvalue weighted by atomic mass is 9.95. The molecule has 1 atom stereocenters. The van der Waals surface area contributed by atoms with Crippen molar-refractivity contribution in [2.45, 2.75) is 58.0 Å². The highest BCUT2D eigenvalue weighted by Crippen LogP contribution is 2.30. The molecule has 4 heteroatoms. The van der Waals surface area contributed by atoms with Gasteiger partial charge in [0, 0.05) is 31.0 Å². The first-order valence-corrected chi connectivity index (χ1v) is 8.02. The minimum absolute atomic E-state index is 0.440. The van der Waals surface area contributed by atoms with E-state index < -0.39 is 0 Å². The summed E-state index contributed by atoms with van der Waals surface area (Å²) in [6, 6.07) is 1.08. The van der Waals surface area contributed by atoms with Crippen LogP contribution in [0.5, 0.6) is 0 Å². The van der Waals surface area contributed by atoms with Crippen molar-refractivity contribution >= 4 is 5.95 Å². The Balaban J connectivity index is 2.06. The monoisotopic (exact) mass is 278 g/mol. The lowest BCUT2D eigenvalue weighted by molar-refractivity contribution is 0.335. The van der Waals surface area contributed by atoms with Crippen LogP contribution in [0.25, 0.3) is 0 Å². The van der Waals surface area contributed by atoms with Crippen LogP contribution in [0.15, 0.2) is 12.4 Å². The van der Waals surface area contributed by atoms with Crippen molar-refractivity contribution in [2.24, 2.45) is 5.92 Å². The highest BCUT2D eigenvalue weighted by atomic mass is 15.2. The summed E-state index contributed by atoms with van der Waals surface area (Å²) in [6.07, 6.45) is 10.8. The minimum atomic E-state index is 0.440. The topological polar surface area (TPSA) is 33.1 Å². The van der Waals surface area contributed by atoms with Gasteiger partial charge in [0.25, 0.3) is 0 Å². The number of rotatable bonds is 6. The van der Waals surface area contributed by atoms with Crippen molar-refractivity contribution in [3.05, 3.63) is 12.4 Å². The van der Waals surface area contributed by atoms with E-state index in [1.54, 1.807) is 0 Å². The lowest BCUT2D eigenvalue weighted by Crippen LogP contribution is -2.37. The summed E-state index contributed by atoms with van der Waals surface area (Å²) < 4.78 is 2.37. The zero-order valence-electron chi connectivity index (χ0n) is 13.5. The Morgan fingerprint density at radius 3 is 2.60 bits per heavy atom. The number of nitrogens with one attached hydrogen (secondary N) is 1. The van der Waals surface area contributed by atoms with Gasteiger partial charge in [0.1, 0.15) is 0 Å². The third-order valence-electron chi connectivity index (χ3n) is 4.32. The summed E-state index contributed by atoms with van der Waals surface area (Å²) in [5.41, 5.74) is 0. The number of aromatic nitrogens is 2. The van der Waals surface area contributed by atoms with Crippen LogP contribution in [0, 0.1) is 5.92 Å².